The lowest BCUT2D eigenvalue weighted by molar-refractivity contribution is -0.123. The lowest BCUT2D eigenvalue weighted by atomic mass is 9.70. The summed E-state index contributed by atoms with van der Waals surface area (Å²) in [6, 6.07) is 3.68. The molecule has 136 valence electrons. The van der Waals surface area contributed by atoms with Gasteiger partial charge in [0.25, 0.3) is 0 Å². The van der Waals surface area contributed by atoms with Gasteiger partial charge in [0, 0.05) is 18.0 Å². The Morgan fingerprint density at radius 2 is 1.92 bits per heavy atom. The van der Waals surface area contributed by atoms with Gasteiger partial charge in [-0.05, 0) is 31.0 Å². The fourth-order valence-corrected chi connectivity index (χ4v) is 4.96. The Morgan fingerprint density at radius 3 is 2.52 bits per heavy atom. The molecule has 1 aromatic carbocycles. The van der Waals surface area contributed by atoms with E-state index in [0.717, 1.165) is 25.7 Å². The van der Waals surface area contributed by atoms with Crippen LogP contribution in [0.1, 0.15) is 53.9 Å². The topological polar surface area (TPSA) is 83.6 Å². The number of hydrogen-bond donors (Lipinski definition) is 2. The van der Waals surface area contributed by atoms with Crippen molar-refractivity contribution in [1.82, 2.24) is 4.90 Å². The summed E-state index contributed by atoms with van der Waals surface area (Å²) < 4.78 is 14.7. The summed E-state index contributed by atoms with van der Waals surface area (Å²) >= 11 is 0. The fourth-order valence-electron chi connectivity index (χ4n) is 4.96. The maximum Gasteiger partial charge on any atom is 0.336 e. The van der Waals surface area contributed by atoms with E-state index in [9.17, 15) is 19.1 Å². The molecule has 5 nitrogen and oxygen atoms in total. The van der Waals surface area contributed by atoms with Crippen LogP contribution in [-0.4, -0.2) is 41.5 Å². The van der Waals surface area contributed by atoms with E-state index in [1.54, 1.807) is 0 Å². The summed E-state index contributed by atoms with van der Waals surface area (Å²) in [5.74, 6) is -2.27. The second kappa shape index (κ2) is 7.12. The molecule has 6 heteroatoms. The highest BCUT2D eigenvalue weighted by Gasteiger charge is 2.48. The number of nitrogens with zero attached hydrogens (tertiary/aromatic N) is 1. The molecule has 1 aromatic rings. The zero-order chi connectivity index (χ0) is 18.1. The maximum atomic E-state index is 14.7. The van der Waals surface area contributed by atoms with E-state index in [4.69, 9.17) is 5.73 Å². The van der Waals surface area contributed by atoms with Gasteiger partial charge in [0.2, 0.25) is 5.91 Å². The first-order valence-electron chi connectivity index (χ1n) is 8.93. The van der Waals surface area contributed by atoms with Gasteiger partial charge in [0.05, 0.1) is 11.6 Å². The average Bonchev–Trinajstić information content (AvgIpc) is 2.92. The van der Waals surface area contributed by atoms with E-state index in [1.807, 2.05) is 11.9 Å². The van der Waals surface area contributed by atoms with Crippen LogP contribution in [0.4, 0.5) is 4.39 Å². The molecule has 3 atom stereocenters. The number of carbonyl (C=O) groups is 2. The number of carbonyl (C=O) groups excluding carboxylic acids is 1. The maximum absolute atomic E-state index is 14.7. The molecule has 0 aromatic heterocycles. The lowest BCUT2D eigenvalue weighted by Crippen LogP contribution is -2.44. The molecule has 1 heterocycles. The van der Waals surface area contributed by atoms with Crippen molar-refractivity contribution in [2.75, 3.05) is 13.6 Å². The van der Waals surface area contributed by atoms with Crippen LogP contribution in [0.25, 0.3) is 0 Å². The van der Waals surface area contributed by atoms with Gasteiger partial charge in [-0.25, -0.2) is 9.18 Å². The number of likely N-dealkylation sites (N-methyl/N-ethyl adjacent to an activating group) is 1. The second-order valence-electron chi connectivity index (χ2n) is 7.37. The van der Waals surface area contributed by atoms with Crippen molar-refractivity contribution >= 4 is 11.9 Å². The summed E-state index contributed by atoms with van der Waals surface area (Å²) in [5, 5.41) is 9.52. The van der Waals surface area contributed by atoms with E-state index in [2.05, 4.69) is 0 Å². The highest BCUT2D eigenvalue weighted by molar-refractivity contribution is 5.90. The van der Waals surface area contributed by atoms with Crippen LogP contribution >= 0.6 is 0 Å². The zero-order valence-electron chi connectivity index (χ0n) is 14.5. The van der Waals surface area contributed by atoms with Crippen molar-refractivity contribution in [1.29, 1.82) is 0 Å². The van der Waals surface area contributed by atoms with Crippen molar-refractivity contribution in [2.45, 2.75) is 44.1 Å². The third kappa shape index (κ3) is 3.27. The van der Waals surface area contributed by atoms with Crippen LogP contribution in [0.15, 0.2) is 18.2 Å². The molecule has 0 radical (unpaired) electrons. The van der Waals surface area contributed by atoms with E-state index in [1.165, 1.54) is 24.6 Å². The standard InChI is InChI=1S/C19H25FN2O3/c1-22-10-13(16-12(19(24)25)8-5-9-14(16)20)15(17(22)18(21)23)11-6-3-2-4-7-11/h5,8-9,11,13,15,17H,2-4,6-7,10H2,1H3,(H2,21,23)(H,24,25)/t13?,15-,17-/m0/s1. The number of benzene rings is 1. The molecular weight excluding hydrogens is 323 g/mol. The van der Waals surface area contributed by atoms with Crippen molar-refractivity contribution in [3.8, 4) is 0 Å². The number of nitrogens with two attached hydrogens (primary N) is 1. The van der Waals surface area contributed by atoms with Gasteiger partial charge in [0.15, 0.2) is 0 Å². The first kappa shape index (κ1) is 17.9. The number of amides is 1. The van der Waals surface area contributed by atoms with Gasteiger partial charge in [-0.3, -0.25) is 9.69 Å². The highest BCUT2D eigenvalue weighted by Crippen LogP contribution is 2.47. The zero-order valence-corrected chi connectivity index (χ0v) is 14.5. The third-order valence-corrected chi connectivity index (χ3v) is 5.93. The molecule has 2 fully saturated rings. The Bertz CT molecular complexity index is 673. The summed E-state index contributed by atoms with van der Waals surface area (Å²) in [5.41, 5.74) is 5.88. The molecule has 0 bridgehead atoms. The normalized spacial score (nSPS) is 28.2. The summed E-state index contributed by atoms with van der Waals surface area (Å²) in [6.07, 6.45) is 5.31. The third-order valence-electron chi connectivity index (χ3n) is 5.93. The van der Waals surface area contributed by atoms with Crippen LogP contribution in [0.2, 0.25) is 0 Å². The average molecular weight is 348 g/mol. The Morgan fingerprint density at radius 1 is 1.24 bits per heavy atom. The number of hydrogen-bond acceptors (Lipinski definition) is 3. The summed E-state index contributed by atoms with van der Waals surface area (Å²) in [6.45, 7) is 0.440. The Kier molecular flexibility index (Phi) is 5.08. The molecule has 3 N–H and O–H groups in total. The van der Waals surface area contributed by atoms with Crippen molar-refractivity contribution < 1.29 is 19.1 Å². The fraction of sp³-hybridized carbons (Fsp3) is 0.579. The first-order valence-corrected chi connectivity index (χ1v) is 8.93. The predicted octanol–water partition coefficient (Wildman–Crippen LogP) is 2.60. The molecule has 1 saturated heterocycles. The minimum atomic E-state index is -1.14. The lowest BCUT2D eigenvalue weighted by Gasteiger charge is -2.34. The smallest absolute Gasteiger partial charge is 0.336 e. The predicted molar refractivity (Wildman–Crippen MR) is 91.8 cm³/mol. The molecular formula is C19H25FN2O3. The number of likely N-dealkylation sites (tertiary alicyclic amines) is 1. The minimum absolute atomic E-state index is 0.00988. The molecule has 1 saturated carbocycles. The van der Waals surface area contributed by atoms with Crippen molar-refractivity contribution in [3.63, 3.8) is 0 Å². The molecule has 3 rings (SSSR count). The summed E-state index contributed by atoms with van der Waals surface area (Å²) in [4.78, 5) is 25.6. The largest absolute Gasteiger partial charge is 0.478 e. The molecule has 25 heavy (non-hydrogen) atoms. The molecule has 1 amide bonds. The Balaban J connectivity index is 2.07. The van der Waals surface area contributed by atoms with Gasteiger partial charge in [-0.2, -0.15) is 0 Å². The number of carboxylic acid groups (broad SMARTS) is 1. The highest BCUT2D eigenvalue weighted by atomic mass is 19.1. The Labute approximate surface area is 147 Å². The van der Waals surface area contributed by atoms with E-state index < -0.39 is 23.7 Å². The molecule has 1 aliphatic carbocycles. The number of carboxylic acids is 1. The van der Waals surface area contributed by atoms with Crippen molar-refractivity contribution in [2.24, 2.45) is 17.6 Å². The second-order valence-corrected chi connectivity index (χ2v) is 7.37. The van der Waals surface area contributed by atoms with E-state index in [0.29, 0.717) is 6.54 Å². The molecule has 1 unspecified atom stereocenters. The van der Waals surface area contributed by atoms with Crippen LogP contribution in [0.5, 0.6) is 0 Å². The van der Waals surface area contributed by atoms with E-state index in [-0.39, 0.29) is 28.9 Å². The van der Waals surface area contributed by atoms with Crippen LogP contribution in [0, 0.1) is 17.7 Å². The van der Waals surface area contributed by atoms with Gasteiger partial charge >= 0.3 is 5.97 Å². The van der Waals surface area contributed by atoms with Crippen LogP contribution in [-0.2, 0) is 4.79 Å². The van der Waals surface area contributed by atoms with Gasteiger partial charge in [-0.15, -0.1) is 0 Å². The SMILES string of the molecule is CN1CC(c2c(F)cccc2C(=O)O)[C@H](C2CCCCC2)[C@H]1C(N)=O. The van der Waals surface area contributed by atoms with Crippen LogP contribution in [0.3, 0.4) is 0 Å². The minimum Gasteiger partial charge on any atom is -0.478 e. The molecule has 0 spiro atoms. The van der Waals surface area contributed by atoms with Gasteiger partial charge in [0.1, 0.15) is 5.82 Å². The van der Waals surface area contributed by atoms with E-state index >= 15 is 0 Å². The number of rotatable bonds is 4. The van der Waals surface area contributed by atoms with Gasteiger partial charge in [-0.1, -0.05) is 38.2 Å². The first-order chi connectivity index (χ1) is 11.9. The summed E-state index contributed by atoms with van der Waals surface area (Å²) in [7, 11) is 1.81. The number of halogens is 1. The molecule has 1 aliphatic heterocycles. The molecule has 2 aliphatic rings. The van der Waals surface area contributed by atoms with Crippen molar-refractivity contribution in [3.05, 3.63) is 35.1 Å². The van der Waals surface area contributed by atoms with Gasteiger partial charge < -0.3 is 10.8 Å². The number of aromatic carboxylic acids is 1. The quantitative estimate of drug-likeness (QED) is 0.876. The van der Waals surface area contributed by atoms with Crippen LogP contribution < -0.4 is 5.73 Å². The Hall–Kier alpha value is -1.95. The monoisotopic (exact) mass is 348 g/mol. The number of primary amides is 1.